The minimum absolute atomic E-state index is 0.0506. The van der Waals surface area contributed by atoms with E-state index in [1.807, 2.05) is 18.2 Å². The molecule has 136 valence electrons. The first kappa shape index (κ1) is 18.6. The Morgan fingerprint density at radius 1 is 1.00 bits per heavy atom. The largest absolute Gasteiger partial charge is 0.322 e. The van der Waals surface area contributed by atoms with Crippen LogP contribution in [0.3, 0.4) is 0 Å². The van der Waals surface area contributed by atoms with Crippen LogP contribution >= 0.6 is 11.6 Å². The van der Waals surface area contributed by atoms with E-state index in [-0.39, 0.29) is 5.91 Å². The molecule has 5 heteroatoms. The van der Waals surface area contributed by atoms with Crippen LogP contribution in [0, 0.1) is 0 Å². The molecule has 4 nitrogen and oxygen atoms in total. The zero-order chi connectivity index (χ0) is 18.2. The van der Waals surface area contributed by atoms with E-state index in [1.165, 1.54) is 10.5 Å². The van der Waals surface area contributed by atoms with E-state index in [1.54, 1.807) is 17.0 Å². The highest BCUT2D eigenvalue weighted by Crippen LogP contribution is 2.14. The number of benzene rings is 2. The molecule has 0 saturated carbocycles. The van der Waals surface area contributed by atoms with Gasteiger partial charge in [0.25, 0.3) is 5.91 Å². The lowest BCUT2D eigenvalue weighted by Crippen LogP contribution is -3.28. The van der Waals surface area contributed by atoms with E-state index in [4.69, 9.17) is 11.6 Å². The summed E-state index contributed by atoms with van der Waals surface area (Å²) in [7, 11) is 0. The number of rotatable bonds is 6. The number of carbonyl (C=O) groups is 1. The van der Waals surface area contributed by atoms with Crippen molar-refractivity contribution in [3.05, 3.63) is 71.3 Å². The number of nitrogens with one attached hydrogen (secondary N) is 3. The third-order valence-electron chi connectivity index (χ3n) is 4.70. The second-order valence-corrected chi connectivity index (χ2v) is 7.19. The quantitative estimate of drug-likeness (QED) is 0.689. The van der Waals surface area contributed by atoms with Gasteiger partial charge in [-0.25, -0.2) is 0 Å². The fourth-order valence-electron chi connectivity index (χ4n) is 3.26. The van der Waals surface area contributed by atoms with E-state index in [0.717, 1.165) is 38.4 Å². The second-order valence-electron chi connectivity index (χ2n) is 6.75. The van der Waals surface area contributed by atoms with Crippen LogP contribution < -0.4 is 15.1 Å². The predicted octanol–water partition coefficient (Wildman–Crippen LogP) is 0.775. The zero-order valence-corrected chi connectivity index (χ0v) is 15.6. The van der Waals surface area contributed by atoms with Crippen molar-refractivity contribution in [2.45, 2.75) is 0 Å². The smallest absolute Gasteiger partial charge is 0.279 e. The Kier molecular flexibility index (Phi) is 6.83. The molecular weight excluding hydrogens is 346 g/mol. The predicted molar refractivity (Wildman–Crippen MR) is 107 cm³/mol. The van der Waals surface area contributed by atoms with Gasteiger partial charge in [0, 0.05) is 10.7 Å². The number of hydrogen-bond donors (Lipinski definition) is 3. The Bertz CT molecular complexity index is 740. The van der Waals surface area contributed by atoms with Gasteiger partial charge in [-0.15, -0.1) is 0 Å². The number of amides is 1. The van der Waals surface area contributed by atoms with Crippen molar-refractivity contribution in [2.75, 3.05) is 44.6 Å². The number of hydrogen-bond acceptors (Lipinski definition) is 1. The fourth-order valence-corrected chi connectivity index (χ4v) is 3.45. The first-order valence-corrected chi connectivity index (χ1v) is 9.51. The van der Waals surface area contributed by atoms with Crippen molar-refractivity contribution in [1.29, 1.82) is 0 Å². The van der Waals surface area contributed by atoms with Crippen LogP contribution in [0.2, 0.25) is 5.02 Å². The summed E-state index contributed by atoms with van der Waals surface area (Å²) in [6.07, 6.45) is 4.44. The van der Waals surface area contributed by atoms with Gasteiger partial charge in [-0.05, 0) is 29.8 Å². The van der Waals surface area contributed by atoms with Crippen molar-refractivity contribution < 1.29 is 14.6 Å². The summed E-state index contributed by atoms with van der Waals surface area (Å²) in [5.41, 5.74) is 2.01. The molecule has 2 aromatic carbocycles. The molecule has 0 aliphatic carbocycles. The Labute approximate surface area is 160 Å². The molecule has 2 aromatic rings. The lowest BCUT2D eigenvalue weighted by atomic mass is 10.2. The molecule has 3 rings (SSSR count). The van der Waals surface area contributed by atoms with Gasteiger partial charge in [-0.3, -0.25) is 4.79 Å². The second kappa shape index (κ2) is 9.53. The highest BCUT2D eigenvalue weighted by molar-refractivity contribution is 6.30. The van der Waals surface area contributed by atoms with Gasteiger partial charge >= 0.3 is 0 Å². The van der Waals surface area contributed by atoms with Gasteiger partial charge in [0.1, 0.15) is 26.2 Å². The average molecular weight is 372 g/mol. The third-order valence-corrected chi connectivity index (χ3v) is 4.93. The molecule has 0 spiro atoms. The SMILES string of the molecule is O=C(C[NH+]1CC[NH+](C/C=C/c2ccccc2)CC1)Nc1cccc(Cl)c1. The summed E-state index contributed by atoms with van der Waals surface area (Å²) in [5.74, 6) is 0.0506. The Morgan fingerprint density at radius 2 is 1.73 bits per heavy atom. The zero-order valence-electron chi connectivity index (χ0n) is 14.9. The maximum Gasteiger partial charge on any atom is 0.279 e. The standard InChI is InChI=1S/C21H24ClN3O/c22-19-9-4-10-20(16-19)23-21(26)17-25-14-12-24(13-15-25)11-5-8-18-6-2-1-3-7-18/h1-10,16H,11-15,17H2,(H,23,26)/p+2/b8-5+. The molecule has 1 fully saturated rings. The van der Waals surface area contributed by atoms with E-state index in [2.05, 4.69) is 41.7 Å². The third kappa shape index (κ3) is 5.99. The van der Waals surface area contributed by atoms with Crippen LogP contribution in [0.5, 0.6) is 0 Å². The summed E-state index contributed by atoms with van der Waals surface area (Å²) >= 11 is 5.95. The maximum atomic E-state index is 12.2. The number of anilines is 1. The number of quaternary nitrogens is 2. The number of carbonyl (C=O) groups excluding carboxylic acids is 1. The van der Waals surface area contributed by atoms with Gasteiger partial charge in [0.15, 0.2) is 6.54 Å². The molecule has 26 heavy (non-hydrogen) atoms. The molecule has 0 bridgehead atoms. The molecule has 0 atom stereocenters. The van der Waals surface area contributed by atoms with Crippen molar-refractivity contribution in [3.63, 3.8) is 0 Å². The van der Waals surface area contributed by atoms with Gasteiger partial charge in [0.2, 0.25) is 0 Å². The van der Waals surface area contributed by atoms with Gasteiger partial charge in [-0.2, -0.15) is 0 Å². The summed E-state index contributed by atoms with van der Waals surface area (Å²) in [4.78, 5) is 15.1. The molecule has 1 aliphatic heterocycles. The van der Waals surface area contributed by atoms with Crippen molar-refractivity contribution in [3.8, 4) is 0 Å². The van der Waals surface area contributed by atoms with Crippen molar-refractivity contribution in [2.24, 2.45) is 0 Å². The average Bonchev–Trinajstić information content (AvgIpc) is 2.64. The van der Waals surface area contributed by atoms with Crippen LogP contribution in [0.4, 0.5) is 5.69 Å². The molecule has 1 saturated heterocycles. The van der Waals surface area contributed by atoms with Gasteiger partial charge in [-0.1, -0.05) is 54.1 Å². The van der Waals surface area contributed by atoms with E-state index >= 15 is 0 Å². The van der Waals surface area contributed by atoms with Crippen molar-refractivity contribution >= 4 is 29.3 Å². The fraction of sp³-hybridized carbons (Fsp3) is 0.286. The lowest BCUT2D eigenvalue weighted by molar-refractivity contribution is -1.01. The Balaban J connectivity index is 1.38. The highest BCUT2D eigenvalue weighted by Gasteiger charge is 2.23. The molecule has 1 amide bonds. The first-order chi connectivity index (χ1) is 12.7. The number of halogens is 1. The summed E-state index contributed by atoms with van der Waals surface area (Å²) in [5, 5.41) is 3.57. The van der Waals surface area contributed by atoms with Crippen LogP contribution in [-0.2, 0) is 4.79 Å². The molecular formula is C21H26ClN3O+2. The topological polar surface area (TPSA) is 38.0 Å². The molecule has 1 heterocycles. The minimum atomic E-state index is 0.0506. The molecule has 0 unspecified atom stereocenters. The summed E-state index contributed by atoms with van der Waals surface area (Å²) in [6, 6.07) is 17.7. The van der Waals surface area contributed by atoms with Gasteiger partial charge < -0.3 is 15.1 Å². The minimum Gasteiger partial charge on any atom is -0.322 e. The Hall–Kier alpha value is -2.14. The molecule has 0 aromatic heterocycles. The summed E-state index contributed by atoms with van der Waals surface area (Å²) in [6.45, 7) is 5.79. The van der Waals surface area contributed by atoms with Crippen molar-refractivity contribution in [1.82, 2.24) is 0 Å². The monoisotopic (exact) mass is 371 g/mol. The first-order valence-electron chi connectivity index (χ1n) is 9.13. The maximum absolute atomic E-state index is 12.2. The van der Waals surface area contributed by atoms with E-state index < -0.39 is 0 Å². The van der Waals surface area contributed by atoms with Crippen LogP contribution in [-0.4, -0.2) is 45.2 Å². The lowest BCUT2D eigenvalue weighted by Gasteiger charge is -2.28. The van der Waals surface area contributed by atoms with Crippen LogP contribution in [0.15, 0.2) is 60.7 Å². The highest BCUT2D eigenvalue weighted by atomic mass is 35.5. The molecule has 1 aliphatic rings. The van der Waals surface area contributed by atoms with E-state index in [0.29, 0.717) is 11.6 Å². The Morgan fingerprint density at radius 3 is 2.46 bits per heavy atom. The van der Waals surface area contributed by atoms with E-state index in [9.17, 15) is 4.79 Å². The van der Waals surface area contributed by atoms with Gasteiger partial charge in [0.05, 0.1) is 6.54 Å². The summed E-state index contributed by atoms with van der Waals surface area (Å²) < 4.78 is 0. The number of piperazine rings is 1. The molecule has 0 radical (unpaired) electrons. The normalized spacial score (nSPS) is 20.2. The molecule has 3 N–H and O–H groups in total. The van der Waals surface area contributed by atoms with Crippen LogP contribution in [0.1, 0.15) is 5.56 Å². The van der Waals surface area contributed by atoms with Crippen LogP contribution in [0.25, 0.3) is 6.08 Å².